The molecule has 1 spiro atoms. The van der Waals surface area contributed by atoms with Gasteiger partial charge in [0, 0.05) is 16.4 Å². The number of benzene rings is 5. The highest BCUT2D eigenvalue weighted by molar-refractivity contribution is 7.34. The molecule has 2 nitrogen and oxygen atoms in total. The van der Waals surface area contributed by atoms with Crippen LogP contribution in [0.25, 0.3) is 22.3 Å². The molecule has 0 bridgehead atoms. The molecule has 1 aliphatic heterocycles. The molecule has 160 valence electrons. The number of rotatable bonds is 2. The highest BCUT2D eigenvalue weighted by atomic mass is 31.1. The molecular weight excluding hydrogens is 435 g/mol. The molecule has 0 fully saturated rings. The van der Waals surface area contributed by atoms with Gasteiger partial charge in [-0.15, -0.1) is 0 Å². The Balaban J connectivity index is 1.61. The van der Waals surface area contributed by atoms with Gasteiger partial charge < -0.3 is 4.74 Å². The lowest BCUT2D eigenvalue weighted by atomic mass is 9.66. The first-order chi connectivity index (χ1) is 16.8. The van der Waals surface area contributed by atoms with E-state index in [0.717, 1.165) is 39.1 Å². The van der Waals surface area contributed by atoms with Gasteiger partial charge in [0.05, 0.1) is 5.41 Å². The van der Waals surface area contributed by atoms with Crippen molar-refractivity contribution in [3.05, 3.63) is 138 Å². The van der Waals surface area contributed by atoms with Gasteiger partial charge in [-0.25, -0.2) is 0 Å². The van der Waals surface area contributed by atoms with Gasteiger partial charge in [-0.1, -0.05) is 84.9 Å². The third-order valence-corrected chi connectivity index (χ3v) is 7.62. The van der Waals surface area contributed by atoms with Crippen LogP contribution in [0.2, 0.25) is 0 Å². The second kappa shape index (κ2) is 7.25. The summed E-state index contributed by atoms with van der Waals surface area (Å²) in [5, 5.41) is 0.776. The van der Waals surface area contributed by atoms with Crippen LogP contribution in [0.3, 0.4) is 0 Å². The lowest BCUT2D eigenvalue weighted by molar-refractivity contribution is 0.436. The molecule has 5 aromatic rings. The van der Waals surface area contributed by atoms with Gasteiger partial charge >= 0.3 is 0 Å². The molecule has 0 saturated heterocycles. The van der Waals surface area contributed by atoms with Crippen molar-refractivity contribution < 1.29 is 9.30 Å². The van der Waals surface area contributed by atoms with Gasteiger partial charge in [0.15, 0.2) is 8.46 Å². The second-order valence-corrected chi connectivity index (χ2v) is 9.49. The van der Waals surface area contributed by atoms with Crippen LogP contribution in [0.15, 0.2) is 115 Å². The van der Waals surface area contributed by atoms with Crippen LogP contribution < -0.4 is 10.0 Å². The van der Waals surface area contributed by atoms with Gasteiger partial charge in [0.2, 0.25) is 0 Å². The first-order valence-corrected chi connectivity index (χ1v) is 12.2. The molecule has 0 N–H and O–H groups in total. The summed E-state index contributed by atoms with van der Waals surface area (Å²) < 4.78 is 17.9. The van der Waals surface area contributed by atoms with Crippen molar-refractivity contribution in [3.8, 4) is 33.8 Å². The SMILES string of the molecule is O=Pc1cccc(-c2ccc3c(c2)C2(c4ccccc4Oc4ccccc42)c2ccccc2-3)c1. The molecule has 3 heteroatoms. The summed E-state index contributed by atoms with van der Waals surface area (Å²) in [6.45, 7) is 0. The van der Waals surface area contributed by atoms with E-state index in [0.29, 0.717) is 0 Å². The predicted octanol–water partition coefficient (Wildman–Crippen LogP) is 7.74. The van der Waals surface area contributed by atoms with Crippen molar-refractivity contribution in [3.63, 3.8) is 0 Å². The summed E-state index contributed by atoms with van der Waals surface area (Å²) in [5.41, 5.74) is 9.03. The number of hydrogen-bond donors (Lipinski definition) is 0. The molecule has 1 heterocycles. The van der Waals surface area contributed by atoms with Crippen LogP contribution in [-0.2, 0) is 9.98 Å². The highest BCUT2D eigenvalue weighted by Crippen LogP contribution is 2.62. The molecule has 0 radical (unpaired) electrons. The molecule has 0 amide bonds. The Labute approximate surface area is 199 Å². The minimum Gasteiger partial charge on any atom is -0.457 e. The minimum absolute atomic E-state index is 0.0324. The zero-order chi connectivity index (χ0) is 22.7. The molecule has 0 unspecified atom stereocenters. The summed E-state index contributed by atoms with van der Waals surface area (Å²) in [6.07, 6.45) is 0. The van der Waals surface area contributed by atoms with Gasteiger partial charge in [-0.3, -0.25) is 4.57 Å². The fourth-order valence-corrected chi connectivity index (χ4v) is 6.11. The van der Waals surface area contributed by atoms with Gasteiger partial charge in [-0.05, 0) is 63.7 Å². The van der Waals surface area contributed by atoms with Crippen molar-refractivity contribution in [1.29, 1.82) is 0 Å². The van der Waals surface area contributed by atoms with E-state index >= 15 is 0 Å². The number of fused-ring (bicyclic) bond motifs is 9. The van der Waals surface area contributed by atoms with Crippen LogP contribution >= 0.6 is 8.46 Å². The van der Waals surface area contributed by atoms with Gasteiger partial charge in [0.25, 0.3) is 0 Å². The molecule has 1 aliphatic carbocycles. The van der Waals surface area contributed by atoms with E-state index in [1.165, 1.54) is 22.3 Å². The Morgan fingerprint density at radius 2 is 1.15 bits per heavy atom. The topological polar surface area (TPSA) is 26.3 Å². The van der Waals surface area contributed by atoms with Crippen LogP contribution in [0.1, 0.15) is 22.3 Å². The number of para-hydroxylation sites is 2. The average molecular weight is 454 g/mol. The average Bonchev–Trinajstić information content (AvgIpc) is 3.19. The molecule has 34 heavy (non-hydrogen) atoms. The normalized spacial score (nSPS) is 14.1. The van der Waals surface area contributed by atoms with Crippen molar-refractivity contribution in [2.45, 2.75) is 5.41 Å². The Hall–Kier alpha value is -4.00. The van der Waals surface area contributed by atoms with Crippen molar-refractivity contribution >= 4 is 13.8 Å². The monoisotopic (exact) mass is 454 g/mol. The Morgan fingerprint density at radius 3 is 1.88 bits per heavy atom. The fraction of sp³-hybridized carbons (Fsp3) is 0.0323. The summed E-state index contributed by atoms with van der Waals surface area (Å²) in [7, 11) is 0.0324. The second-order valence-electron chi connectivity index (χ2n) is 8.79. The summed E-state index contributed by atoms with van der Waals surface area (Å²) in [4.78, 5) is 0. The molecule has 0 aromatic heterocycles. The number of hydrogen-bond acceptors (Lipinski definition) is 2. The molecule has 0 atom stereocenters. The molecular formula is C31H19O2P. The minimum atomic E-state index is -0.470. The lowest BCUT2D eigenvalue weighted by Gasteiger charge is -2.39. The van der Waals surface area contributed by atoms with E-state index in [2.05, 4.69) is 84.9 Å². The molecule has 5 aromatic carbocycles. The van der Waals surface area contributed by atoms with E-state index < -0.39 is 5.41 Å². The summed E-state index contributed by atoms with van der Waals surface area (Å²) in [5.74, 6) is 1.78. The van der Waals surface area contributed by atoms with Crippen LogP contribution in [-0.4, -0.2) is 0 Å². The zero-order valence-corrected chi connectivity index (χ0v) is 19.1. The first kappa shape index (κ1) is 19.5. The maximum atomic E-state index is 11.5. The summed E-state index contributed by atoms with van der Waals surface area (Å²) >= 11 is 0. The molecule has 7 rings (SSSR count). The Kier molecular flexibility index (Phi) is 4.15. The Bertz CT molecular complexity index is 1570. The third-order valence-electron chi connectivity index (χ3n) is 7.13. The highest BCUT2D eigenvalue weighted by Gasteiger charge is 2.50. The van der Waals surface area contributed by atoms with Crippen molar-refractivity contribution in [2.24, 2.45) is 0 Å². The van der Waals surface area contributed by atoms with Crippen LogP contribution in [0, 0.1) is 0 Å². The maximum absolute atomic E-state index is 11.5. The Morgan fingerprint density at radius 1 is 0.529 bits per heavy atom. The fourth-order valence-electron chi connectivity index (χ4n) is 5.78. The maximum Gasteiger partial charge on any atom is 0.192 e. The van der Waals surface area contributed by atoms with Crippen LogP contribution in [0.4, 0.5) is 0 Å². The van der Waals surface area contributed by atoms with E-state index in [4.69, 9.17) is 4.74 Å². The lowest BCUT2D eigenvalue weighted by Crippen LogP contribution is -2.32. The predicted molar refractivity (Wildman–Crippen MR) is 136 cm³/mol. The molecule has 0 saturated carbocycles. The molecule has 2 aliphatic rings. The smallest absolute Gasteiger partial charge is 0.192 e. The van der Waals surface area contributed by atoms with E-state index in [1.54, 1.807) is 0 Å². The van der Waals surface area contributed by atoms with Gasteiger partial charge in [-0.2, -0.15) is 0 Å². The standard InChI is InChI=1S/C31H19O2P/c32-34-22-9-7-8-20(18-22)21-16-17-24-23-10-1-2-11-25(23)31(28(24)19-21)26-12-3-5-14-29(26)33-30-15-6-4-13-27(30)31/h1-19H. The third kappa shape index (κ3) is 2.52. The van der Waals surface area contributed by atoms with Crippen LogP contribution in [0.5, 0.6) is 11.5 Å². The first-order valence-electron chi connectivity index (χ1n) is 11.4. The van der Waals surface area contributed by atoms with E-state index in [-0.39, 0.29) is 8.46 Å². The van der Waals surface area contributed by atoms with E-state index in [9.17, 15) is 4.57 Å². The number of ether oxygens (including phenoxy) is 1. The zero-order valence-electron chi connectivity index (χ0n) is 18.2. The van der Waals surface area contributed by atoms with Crippen molar-refractivity contribution in [1.82, 2.24) is 0 Å². The summed E-state index contributed by atoms with van der Waals surface area (Å²) in [6, 6.07) is 40.1. The van der Waals surface area contributed by atoms with Crippen molar-refractivity contribution in [2.75, 3.05) is 0 Å². The quantitative estimate of drug-likeness (QED) is 0.250. The van der Waals surface area contributed by atoms with E-state index in [1.807, 2.05) is 30.3 Å². The largest absolute Gasteiger partial charge is 0.457 e. The van der Waals surface area contributed by atoms with Gasteiger partial charge in [0.1, 0.15) is 11.5 Å².